The number of methoxy groups -OCH3 is 1. The second-order valence-electron chi connectivity index (χ2n) is 10.0. The lowest BCUT2D eigenvalue weighted by Gasteiger charge is -2.17. The van der Waals surface area contributed by atoms with Crippen molar-refractivity contribution in [2.24, 2.45) is 0 Å². The fourth-order valence-corrected chi connectivity index (χ4v) is 5.75. The Morgan fingerprint density at radius 3 is 2.24 bits per heavy atom. The van der Waals surface area contributed by atoms with E-state index < -0.39 is 11.4 Å². The van der Waals surface area contributed by atoms with Gasteiger partial charge in [-0.1, -0.05) is 41.7 Å². The highest BCUT2D eigenvalue weighted by atomic mass is 32.2. The van der Waals surface area contributed by atoms with E-state index in [9.17, 15) is 19.2 Å². The molecule has 2 amide bonds. The number of amides is 2. The topological polar surface area (TPSA) is 169 Å². The maximum atomic E-state index is 12.3. The monoisotopic (exact) mass is 666 g/mol. The van der Waals surface area contributed by atoms with Gasteiger partial charge in [-0.15, -0.1) is 0 Å². The maximum absolute atomic E-state index is 12.3. The minimum absolute atomic E-state index is 0.0327. The highest BCUT2D eigenvalue weighted by Crippen LogP contribution is 2.32. The average molecular weight is 667 g/mol. The van der Waals surface area contributed by atoms with Crippen LogP contribution < -0.4 is 30.9 Å². The van der Waals surface area contributed by atoms with Crippen LogP contribution in [0.5, 0.6) is 17.2 Å². The number of rotatable bonds is 11. The van der Waals surface area contributed by atoms with Gasteiger partial charge in [0, 0.05) is 32.5 Å². The standard InChI is InChI=1S/C16H17N3O4S.C15H17N3O3S/c1-10-6-17-16(21)18-15(10)24-8-14(20)19(2)7-11-3-4-12-13(5-11)23-9-22-12;1-10-7-17-15(20)18-14(10)22-9-13(19)16-8-11-4-3-5-12(6-11)21-2/h3-6H,7-9H2,1-2H3,(H,17,18,21);3-7H,8-9H2,1-2H3,(H,16,19)(H,17,18,20). The fraction of sp³-hybridized carbons (Fsp3) is 0.290. The van der Waals surface area contributed by atoms with E-state index in [-0.39, 0.29) is 30.1 Å². The molecular formula is C31H34N6O7S2. The number of thioether (sulfide) groups is 2. The minimum atomic E-state index is -0.413. The first-order valence-electron chi connectivity index (χ1n) is 14.0. The number of nitrogens with zero attached hydrogens (tertiary/aromatic N) is 3. The Morgan fingerprint density at radius 2 is 1.57 bits per heavy atom. The zero-order valence-electron chi connectivity index (χ0n) is 25.7. The zero-order valence-corrected chi connectivity index (χ0v) is 27.4. The number of hydrogen-bond donors (Lipinski definition) is 3. The Balaban J connectivity index is 0.000000210. The third kappa shape index (κ3) is 10.1. The molecule has 0 spiro atoms. The van der Waals surface area contributed by atoms with Gasteiger partial charge in [-0.2, -0.15) is 0 Å². The SMILES string of the molecule is COc1cccc(CNC(=O)CSc2[nH]c(=O)ncc2C)c1.Cc1cnc(=O)[nH]c1SCC(=O)N(C)Cc1ccc2c(c1)OCO2. The molecule has 0 radical (unpaired) electrons. The van der Waals surface area contributed by atoms with Gasteiger partial charge in [0.15, 0.2) is 11.5 Å². The summed E-state index contributed by atoms with van der Waals surface area (Å²) in [7, 11) is 3.35. The lowest BCUT2D eigenvalue weighted by Crippen LogP contribution is -2.28. The van der Waals surface area contributed by atoms with Crippen LogP contribution in [0.1, 0.15) is 22.3 Å². The summed E-state index contributed by atoms with van der Waals surface area (Å²) in [6, 6.07) is 13.1. The van der Waals surface area contributed by atoms with Gasteiger partial charge < -0.3 is 34.4 Å². The summed E-state index contributed by atoms with van der Waals surface area (Å²) >= 11 is 2.58. The molecule has 2 aromatic carbocycles. The molecule has 3 N–H and O–H groups in total. The Morgan fingerprint density at radius 1 is 0.913 bits per heavy atom. The van der Waals surface area contributed by atoms with E-state index in [1.807, 2.05) is 56.3 Å². The van der Waals surface area contributed by atoms with Crippen LogP contribution in [0.15, 0.2) is 74.5 Å². The number of nitrogens with one attached hydrogen (secondary N) is 3. The number of carbonyl (C=O) groups excluding carboxylic acids is 2. The minimum Gasteiger partial charge on any atom is -0.497 e. The van der Waals surface area contributed by atoms with Crippen LogP contribution in [0.2, 0.25) is 0 Å². The van der Waals surface area contributed by atoms with Crippen molar-refractivity contribution in [3.8, 4) is 17.2 Å². The highest BCUT2D eigenvalue weighted by molar-refractivity contribution is 8.00. The van der Waals surface area contributed by atoms with Gasteiger partial charge in [0.25, 0.3) is 0 Å². The van der Waals surface area contributed by atoms with Crippen molar-refractivity contribution < 1.29 is 23.8 Å². The van der Waals surface area contributed by atoms with Crippen molar-refractivity contribution in [1.82, 2.24) is 30.2 Å². The van der Waals surface area contributed by atoms with Crippen LogP contribution in [0.25, 0.3) is 0 Å². The van der Waals surface area contributed by atoms with Gasteiger partial charge in [0.05, 0.1) is 28.7 Å². The molecule has 0 bridgehead atoms. The van der Waals surface area contributed by atoms with E-state index in [0.717, 1.165) is 33.8 Å². The van der Waals surface area contributed by atoms with Gasteiger partial charge in [-0.25, -0.2) is 19.6 Å². The van der Waals surface area contributed by atoms with Crippen molar-refractivity contribution in [2.45, 2.75) is 37.0 Å². The van der Waals surface area contributed by atoms with E-state index in [2.05, 4.69) is 25.3 Å². The van der Waals surface area contributed by atoms with Gasteiger partial charge in [0.2, 0.25) is 18.6 Å². The maximum Gasteiger partial charge on any atom is 0.345 e. The van der Waals surface area contributed by atoms with E-state index in [1.165, 1.54) is 35.9 Å². The Bertz CT molecular complexity index is 1800. The summed E-state index contributed by atoms with van der Waals surface area (Å²) < 4.78 is 15.8. The van der Waals surface area contributed by atoms with Crippen LogP contribution >= 0.6 is 23.5 Å². The molecular weight excluding hydrogens is 633 g/mol. The van der Waals surface area contributed by atoms with Crippen LogP contribution in [-0.2, 0) is 22.7 Å². The third-order valence-electron chi connectivity index (χ3n) is 6.50. The molecule has 1 aliphatic rings. The Kier molecular flexibility index (Phi) is 12.3. The number of H-pyrrole nitrogens is 2. The van der Waals surface area contributed by atoms with Crippen LogP contribution in [0.4, 0.5) is 0 Å². The van der Waals surface area contributed by atoms with Crippen molar-refractivity contribution in [3.63, 3.8) is 0 Å². The number of carbonyl (C=O) groups is 2. The van der Waals surface area contributed by atoms with Crippen LogP contribution in [-0.4, -0.2) is 69.1 Å². The molecule has 0 atom stereocenters. The summed E-state index contributed by atoms with van der Waals surface area (Å²) in [6.07, 6.45) is 3.00. The molecule has 13 nitrogen and oxygen atoms in total. The second kappa shape index (κ2) is 16.5. The lowest BCUT2D eigenvalue weighted by atomic mass is 10.2. The smallest absolute Gasteiger partial charge is 0.345 e. The number of aromatic nitrogens is 4. The van der Waals surface area contributed by atoms with Gasteiger partial charge in [0.1, 0.15) is 5.75 Å². The summed E-state index contributed by atoms with van der Waals surface area (Å²) in [5, 5.41) is 4.16. The molecule has 5 rings (SSSR count). The van der Waals surface area contributed by atoms with Gasteiger partial charge in [-0.05, 0) is 60.4 Å². The molecule has 0 unspecified atom stereocenters. The predicted molar refractivity (Wildman–Crippen MR) is 175 cm³/mol. The average Bonchev–Trinajstić information content (AvgIpc) is 3.53. The fourth-order valence-electron chi connectivity index (χ4n) is 4.00. The molecule has 15 heteroatoms. The van der Waals surface area contributed by atoms with Crippen molar-refractivity contribution in [3.05, 3.63) is 98.1 Å². The van der Waals surface area contributed by atoms with E-state index >= 15 is 0 Å². The quantitative estimate of drug-likeness (QED) is 0.159. The number of hydrogen-bond acceptors (Lipinski definition) is 11. The molecule has 0 aliphatic carbocycles. The zero-order chi connectivity index (χ0) is 33.1. The molecule has 0 saturated heterocycles. The number of aryl methyl sites for hydroxylation is 2. The number of aromatic amines is 2. The number of benzene rings is 2. The Labute approximate surface area is 273 Å². The van der Waals surface area contributed by atoms with E-state index in [4.69, 9.17) is 14.2 Å². The summed E-state index contributed by atoms with van der Waals surface area (Å²) in [5.74, 6) is 2.51. The van der Waals surface area contributed by atoms with E-state index in [1.54, 1.807) is 19.1 Å². The second-order valence-corrected chi connectivity index (χ2v) is 12.0. The molecule has 3 heterocycles. The molecule has 4 aromatic rings. The molecule has 0 saturated carbocycles. The van der Waals surface area contributed by atoms with E-state index in [0.29, 0.717) is 28.9 Å². The number of ether oxygens (including phenoxy) is 3. The summed E-state index contributed by atoms with van der Waals surface area (Å²) in [5.41, 5.74) is 2.78. The van der Waals surface area contributed by atoms with Crippen molar-refractivity contribution >= 4 is 35.3 Å². The van der Waals surface area contributed by atoms with Crippen molar-refractivity contribution in [2.75, 3.05) is 32.5 Å². The molecule has 46 heavy (non-hydrogen) atoms. The largest absolute Gasteiger partial charge is 0.497 e. The van der Waals surface area contributed by atoms with Gasteiger partial charge >= 0.3 is 11.4 Å². The first-order valence-corrected chi connectivity index (χ1v) is 16.0. The first kappa shape index (κ1) is 34.1. The summed E-state index contributed by atoms with van der Waals surface area (Å²) in [6.45, 7) is 4.81. The lowest BCUT2D eigenvalue weighted by molar-refractivity contribution is -0.127. The highest BCUT2D eigenvalue weighted by Gasteiger charge is 2.16. The first-order chi connectivity index (χ1) is 22.1. The molecule has 0 fully saturated rings. The molecule has 242 valence electrons. The predicted octanol–water partition coefficient (Wildman–Crippen LogP) is 3.05. The van der Waals surface area contributed by atoms with Crippen LogP contribution in [0, 0.1) is 13.8 Å². The Hall–Kier alpha value is -4.76. The normalized spacial score (nSPS) is 11.3. The van der Waals surface area contributed by atoms with Crippen LogP contribution in [0.3, 0.4) is 0 Å². The molecule has 1 aliphatic heterocycles. The number of fused-ring (bicyclic) bond motifs is 1. The summed E-state index contributed by atoms with van der Waals surface area (Å²) in [4.78, 5) is 60.8. The molecule has 2 aromatic heterocycles. The third-order valence-corrected chi connectivity index (χ3v) is 8.73. The van der Waals surface area contributed by atoms with Gasteiger partial charge in [-0.3, -0.25) is 9.59 Å². The van der Waals surface area contributed by atoms with Crippen molar-refractivity contribution in [1.29, 1.82) is 0 Å².